The van der Waals surface area contributed by atoms with Gasteiger partial charge >= 0.3 is 0 Å². The molecule has 2 atom stereocenters. The Hall–Kier alpha value is 0. The molecule has 0 amide bonds. The molecule has 0 aliphatic heterocycles. The minimum absolute atomic E-state index is 0.442. The van der Waals surface area contributed by atoms with Crippen LogP contribution in [0, 0.1) is 28.1 Å². The Balaban J connectivity index is 3.01. The second-order valence-electron chi connectivity index (χ2n) is 9.05. The van der Waals surface area contributed by atoms with Crippen molar-refractivity contribution in [2.24, 2.45) is 28.1 Å². The zero-order chi connectivity index (χ0) is 15.6. The van der Waals surface area contributed by atoms with E-state index < -0.39 is 0 Å². The Morgan fingerprint density at radius 2 is 1.65 bits per heavy atom. The lowest BCUT2D eigenvalue weighted by molar-refractivity contribution is -0.0283. The predicted molar refractivity (Wildman–Crippen MR) is 92.0 cm³/mol. The second-order valence-corrected chi connectivity index (χ2v) is 9.05. The van der Waals surface area contributed by atoms with E-state index in [1.165, 1.54) is 44.9 Å². The van der Waals surface area contributed by atoms with Gasteiger partial charge in [-0.05, 0) is 47.3 Å². The first-order chi connectivity index (χ1) is 9.12. The molecule has 1 fully saturated rings. The van der Waals surface area contributed by atoms with Crippen molar-refractivity contribution in [1.82, 2.24) is 0 Å². The standard InChI is InChI=1S/C20H40/c1-9-19(8,10-2)18(6,7)15-20(16(3)4)13-11-12-17(5)14-20/h16-17H,9-15H2,1-8H3. The van der Waals surface area contributed by atoms with Crippen molar-refractivity contribution in [1.29, 1.82) is 0 Å². The molecule has 0 N–H and O–H groups in total. The Labute approximate surface area is 129 Å². The van der Waals surface area contributed by atoms with Gasteiger partial charge in [0.1, 0.15) is 0 Å². The van der Waals surface area contributed by atoms with E-state index >= 15 is 0 Å². The smallest absolute Gasteiger partial charge is 0.0267 e. The maximum Gasteiger partial charge on any atom is -0.0267 e. The van der Waals surface area contributed by atoms with E-state index in [-0.39, 0.29) is 0 Å². The highest BCUT2D eigenvalue weighted by Gasteiger charge is 2.47. The fourth-order valence-electron chi connectivity index (χ4n) is 4.89. The summed E-state index contributed by atoms with van der Waals surface area (Å²) in [6.07, 6.45) is 9.85. The molecule has 0 saturated heterocycles. The number of rotatable bonds is 6. The maximum absolute atomic E-state index is 2.55. The van der Waals surface area contributed by atoms with Gasteiger partial charge in [-0.25, -0.2) is 0 Å². The average Bonchev–Trinajstić information content (AvgIpc) is 2.36. The van der Waals surface area contributed by atoms with Crippen molar-refractivity contribution in [3.05, 3.63) is 0 Å². The summed E-state index contributed by atoms with van der Waals surface area (Å²) in [6.45, 7) is 19.8. The SMILES string of the molecule is CCC(C)(CC)C(C)(C)CC1(C(C)C)CCCC(C)C1. The van der Waals surface area contributed by atoms with Gasteiger partial charge in [-0.1, -0.05) is 81.1 Å². The number of hydrogen-bond acceptors (Lipinski definition) is 0. The Bertz CT molecular complexity index is 295. The van der Waals surface area contributed by atoms with Gasteiger partial charge in [0.05, 0.1) is 0 Å². The van der Waals surface area contributed by atoms with Crippen LogP contribution in [0.2, 0.25) is 0 Å². The van der Waals surface area contributed by atoms with Crippen molar-refractivity contribution < 1.29 is 0 Å². The van der Waals surface area contributed by atoms with E-state index in [1.54, 1.807) is 0 Å². The molecule has 0 aromatic carbocycles. The monoisotopic (exact) mass is 280 g/mol. The molecule has 0 aromatic heterocycles. The topological polar surface area (TPSA) is 0 Å². The Morgan fingerprint density at radius 3 is 2.05 bits per heavy atom. The third-order valence-electron chi connectivity index (χ3n) is 7.34. The maximum atomic E-state index is 2.55. The van der Waals surface area contributed by atoms with Gasteiger partial charge in [-0.3, -0.25) is 0 Å². The van der Waals surface area contributed by atoms with Crippen molar-refractivity contribution in [3.8, 4) is 0 Å². The van der Waals surface area contributed by atoms with E-state index in [4.69, 9.17) is 0 Å². The third kappa shape index (κ3) is 3.42. The Kier molecular flexibility index (Phi) is 5.78. The highest BCUT2D eigenvalue weighted by atomic mass is 14.5. The predicted octanol–water partition coefficient (Wildman–Crippen LogP) is 7.08. The van der Waals surface area contributed by atoms with Crippen molar-refractivity contribution in [2.45, 2.75) is 100 Å². The summed E-state index contributed by atoms with van der Waals surface area (Å²) in [7, 11) is 0. The van der Waals surface area contributed by atoms with Crippen LogP contribution in [0.4, 0.5) is 0 Å². The molecule has 0 aromatic rings. The summed E-state index contributed by atoms with van der Waals surface area (Å²) in [4.78, 5) is 0. The highest BCUT2D eigenvalue weighted by Crippen LogP contribution is 2.57. The van der Waals surface area contributed by atoms with Gasteiger partial charge in [-0.15, -0.1) is 0 Å². The van der Waals surface area contributed by atoms with Crippen LogP contribution in [0.15, 0.2) is 0 Å². The summed E-state index contributed by atoms with van der Waals surface area (Å²) < 4.78 is 0. The van der Waals surface area contributed by atoms with Crippen LogP contribution in [0.5, 0.6) is 0 Å². The molecule has 1 saturated carbocycles. The molecule has 120 valence electrons. The minimum Gasteiger partial charge on any atom is -0.0648 e. The van der Waals surface area contributed by atoms with Crippen molar-refractivity contribution in [2.75, 3.05) is 0 Å². The molecule has 1 aliphatic rings. The molecule has 0 spiro atoms. The minimum atomic E-state index is 0.442. The fourth-order valence-corrected chi connectivity index (χ4v) is 4.89. The van der Waals surface area contributed by atoms with Crippen LogP contribution in [0.25, 0.3) is 0 Å². The Morgan fingerprint density at radius 1 is 1.10 bits per heavy atom. The lowest BCUT2D eigenvalue weighted by Gasteiger charge is -2.53. The van der Waals surface area contributed by atoms with E-state index in [0.29, 0.717) is 16.2 Å². The van der Waals surface area contributed by atoms with E-state index in [0.717, 1.165) is 11.8 Å². The van der Waals surface area contributed by atoms with Crippen LogP contribution in [-0.4, -0.2) is 0 Å². The molecular formula is C20H40. The molecule has 0 heteroatoms. The van der Waals surface area contributed by atoms with Crippen molar-refractivity contribution in [3.63, 3.8) is 0 Å². The quantitative estimate of drug-likeness (QED) is 0.487. The molecule has 1 rings (SSSR count). The summed E-state index contributed by atoms with van der Waals surface area (Å²) >= 11 is 0. The summed E-state index contributed by atoms with van der Waals surface area (Å²) in [5.41, 5.74) is 1.51. The van der Waals surface area contributed by atoms with Gasteiger partial charge in [-0.2, -0.15) is 0 Å². The van der Waals surface area contributed by atoms with E-state index in [1.807, 2.05) is 0 Å². The first-order valence-electron chi connectivity index (χ1n) is 9.12. The van der Waals surface area contributed by atoms with Crippen LogP contribution < -0.4 is 0 Å². The fraction of sp³-hybridized carbons (Fsp3) is 1.00. The van der Waals surface area contributed by atoms with Gasteiger partial charge in [0, 0.05) is 0 Å². The molecule has 20 heavy (non-hydrogen) atoms. The van der Waals surface area contributed by atoms with Crippen LogP contribution >= 0.6 is 0 Å². The van der Waals surface area contributed by atoms with Crippen LogP contribution in [-0.2, 0) is 0 Å². The third-order valence-corrected chi connectivity index (χ3v) is 7.34. The zero-order valence-electron chi connectivity index (χ0n) is 15.6. The zero-order valence-corrected chi connectivity index (χ0v) is 15.6. The molecule has 0 heterocycles. The molecule has 0 nitrogen and oxygen atoms in total. The van der Waals surface area contributed by atoms with E-state index in [9.17, 15) is 0 Å². The molecule has 0 radical (unpaired) electrons. The summed E-state index contributed by atoms with van der Waals surface area (Å²) in [5.74, 6) is 1.75. The molecule has 2 unspecified atom stereocenters. The van der Waals surface area contributed by atoms with Gasteiger partial charge < -0.3 is 0 Å². The largest absolute Gasteiger partial charge is 0.0648 e. The van der Waals surface area contributed by atoms with Gasteiger partial charge in [0.15, 0.2) is 0 Å². The molecule has 1 aliphatic carbocycles. The summed E-state index contributed by atoms with van der Waals surface area (Å²) in [6, 6.07) is 0. The van der Waals surface area contributed by atoms with Gasteiger partial charge in [0.25, 0.3) is 0 Å². The number of hydrogen-bond donors (Lipinski definition) is 0. The normalized spacial score (nSPS) is 28.9. The molecule has 0 bridgehead atoms. The second kappa shape index (κ2) is 6.41. The highest BCUT2D eigenvalue weighted by molar-refractivity contribution is 4.97. The van der Waals surface area contributed by atoms with Crippen molar-refractivity contribution >= 4 is 0 Å². The summed E-state index contributed by atoms with van der Waals surface area (Å²) in [5, 5.41) is 0. The lowest BCUT2D eigenvalue weighted by atomic mass is 9.52. The van der Waals surface area contributed by atoms with Crippen LogP contribution in [0.1, 0.15) is 100 Å². The average molecular weight is 281 g/mol. The lowest BCUT2D eigenvalue weighted by Crippen LogP contribution is -2.43. The first-order valence-corrected chi connectivity index (χ1v) is 9.12. The van der Waals surface area contributed by atoms with Gasteiger partial charge in [0.2, 0.25) is 0 Å². The van der Waals surface area contributed by atoms with E-state index in [2.05, 4.69) is 55.4 Å². The van der Waals surface area contributed by atoms with Crippen LogP contribution in [0.3, 0.4) is 0 Å². The molecular weight excluding hydrogens is 240 g/mol. The first kappa shape index (κ1) is 18.1.